The van der Waals surface area contributed by atoms with Gasteiger partial charge in [-0.15, -0.1) is 0 Å². The first-order valence-electron chi connectivity index (χ1n) is 14.1. The Bertz CT molecular complexity index is 1670. The van der Waals surface area contributed by atoms with Gasteiger partial charge in [-0.1, -0.05) is 25.1 Å². The number of phenolic OH excluding ortho intramolecular Hbond substituents is 1. The molecule has 3 aromatic carbocycles. The fourth-order valence-corrected chi connectivity index (χ4v) is 5.33. The summed E-state index contributed by atoms with van der Waals surface area (Å²) in [7, 11) is 0. The minimum Gasteiger partial charge on any atom is -0.504 e. The lowest BCUT2D eigenvalue weighted by Crippen LogP contribution is -2.39. The largest absolute Gasteiger partial charge is 0.504 e. The van der Waals surface area contributed by atoms with E-state index in [9.17, 15) is 33.0 Å². The fraction of sp³-hybridized carbons (Fsp3) is 0.281. The van der Waals surface area contributed by atoms with E-state index in [4.69, 9.17) is 4.74 Å². The zero-order chi connectivity index (χ0) is 31.6. The van der Waals surface area contributed by atoms with Crippen LogP contribution in [0.5, 0.6) is 11.5 Å². The highest BCUT2D eigenvalue weighted by atomic mass is 19.4. The lowest BCUT2D eigenvalue weighted by Gasteiger charge is -2.26. The number of rotatable bonds is 9. The summed E-state index contributed by atoms with van der Waals surface area (Å²) in [6, 6.07) is 13.9. The van der Waals surface area contributed by atoms with E-state index in [1.807, 2.05) is 6.92 Å². The molecule has 0 bridgehead atoms. The monoisotopic (exact) mass is 608 g/mol. The quantitative estimate of drug-likeness (QED) is 0.230. The molecule has 1 aliphatic rings. The molecular formula is C32H31F3N4O5. The van der Waals surface area contributed by atoms with E-state index >= 15 is 0 Å². The predicted octanol–water partition coefficient (Wildman–Crippen LogP) is 5.87. The number of amides is 2. The zero-order valence-corrected chi connectivity index (χ0v) is 24.1. The number of halogens is 3. The molecule has 9 nitrogen and oxygen atoms in total. The number of aromatic hydroxyl groups is 1. The Labute approximate surface area is 251 Å². The van der Waals surface area contributed by atoms with E-state index in [1.54, 1.807) is 48.1 Å². The third-order valence-electron chi connectivity index (χ3n) is 7.32. The van der Waals surface area contributed by atoms with Crippen LogP contribution in [0.1, 0.15) is 37.3 Å². The Balaban J connectivity index is 1.74. The molecule has 230 valence electrons. The number of benzene rings is 3. The molecule has 44 heavy (non-hydrogen) atoms. The predicted molar refractivity (Wildman–Crippen MR) is 158 cm³/mol. The number of carbonyl (C=O) groups is 2. The molecule has 1 aliphatic heterocycles. The van der Waals surface area contributed by atoms with Gasteiger partial charge in [0.2, 0.25) is 11.8 Å². The maximum absolute atomic E-state index is 14.5. The van der Waals surface area contributed by atoms with Crippen LogP contribution in [0.15, 0.2) is 73.1 Å². The first-order chi connectivity index (χ1) is 21.1. The number of alkyl halides is 3. The van der Waals surface area contributed by atoms with Gasteiger partial charge in [-0.3, -0.25) is 19.2 Å². The maximum Gasteiger partial charge on any atom is 0.416 e. The first kappa shape index (κ1) is 30.6. The van der Waals surface area contributed by atoms with Gasteiger partial charge in [0.25, 0.3) is 0 Å². The zero-order valence-electron chi connectivity index (χ0n) is 24.1. The smallest absolute Gasteiger partial charge is 0.416 e. The van der Waals surface area contributed by atoms with Crippen LogP contribution in [-0.2, 0) is 22.3 Å². The molecule has 2 heterocycles. The van der Waals surface area contributed by atoms with Crippen LogP contribution < -0.4 is 14.5 Å². The Hall–Kier alpha value is -4.84. The molecule has 0 aliphatic carbocycles. The summed E-state index contributed by atoms with van der Waals surface area (Å²) < 4.78 is 48.9. The normalized spacial score (nSPS) is 15.4. The van der Waals surface area contributed by atoms with Crippen molar-refractivity contribution >= 4 is 28.9 Å². The number of fused-ring (bicyclic) bond motifs is 1. The number of hydrogen-bond acceptors (Lipinski definition) is 6. The van der Waals surface area contributed by atoms with Gasteiger partial charge in [-0.25, -0.2) is 0 Å². The van der Waals surface area contributed by atoms with E-state index < -0.39 is 29.5 Å². The lowest BCUT2D eigenvalue weighted by atomic mass is 9.92. The molecule has 2 amide bonds. The summed E-state index contributed by atoms with van der Waals surface area (Å²) in [6.07, 6.45) is -0.649. The summed E-state index contributed by atoms with van der Waals surface area (Å²) in [4.78, 5) is 31.2. The van der Waals surface area contributed by atoms with E-state index in [-0.39, 0.29) is 59.4 Å². The second-order valence-corrected chi connectivity index (χ2v) is 10.2. The number of aliphatic hydroxyl groups excluding tert-OH is 1. The van der Waals surface area contributed by atoms with E-state index in [1.165, 1.54) is 29.3 Å². The Morgan fingerprint density at radius 1 is 0.977 bits per heavy atom. The molecule has 2 N–H and O–H groups in total. The molecule has 12 heteroatoms. The molecule has 0 saturated heterocycles. The molecule has 0 spiro atoms. The number of ether oxygens (including phenoxy) is 1. The van der Waals surface area contributed by atoms with Crippen molar-refractivity contribution in [2.45, 2.75) is 38.9 Å². The van der Waals surface area contributed by atoms with Crippen molar-refractivity contribution in [1.82, 2.24) is 9.78 Å². The van der Waals surface area contributed by atoms with Crippen LogP contribution in [0.25, 0.3) is 11.1 Å². The summed E-state index contributed by atoms with van der Waals surface area (Å²) in [5, 5.41) is 24.9. The number of hydrogen-bond donors (Lipinski definition) is 2. The van der Waals surface area contributed by atoms with Crippen LogP contribution in [-0.4, -0.2) is 51.6 Å². The van der Waals surface area contributed by atoms with Crippen molar-refractivity contribution in [1.29, 1.82) is 0 Å². The van der Waals surface area contributed by atoms with Crippen LogP contribution in [0.2, 0.25) is 0 Å². The van der Waals surface area contributed by atoms with E-state index in [0.717, 1.165) is 23.5 Å². The number of anilines is 3. The number of aliphatic hydroxyl groups is 1. The second-order valence-electron chi connectivity index (χ2n) is 10.2. The molecule has 0 radical (unpaired) electrons. The van der Waals surface area contributed by atoms with Gasteiger partial charge in [0.1, 0.15) is 12.5 Å². The van der Waals surface area contributed by atoms with Gasteiger partial charge in [-0.2, -0.15) is 18.3 Å². The minimum atomic E-state index is -4.69. The van der Waals surface area contributed by atoms with E-state index in [0.29, 0.717) is 12.1 Å². The highest BCUT2D eigenvalue weighted by molar-refractivity contribution is 6.23. The van der Waals surface area contributed by atoms with Crippen molar-refractivity contribution < 1.29 is 37.7 Å². The van der Waals surface area contributed by atoms with Crippen molar-refractivity contribution in [3.8, 4) is 22.6 Å². The number of para-hydroxylation sites is 1. The summed E-state index contributed by atoms with van der Waals surface area (Å²) in [5.74, 6) is -3.34. The number of carbonyl (C=O) groups excluding carboxylic acids is 2. The molecule has 1 unspecified atom stereocenters. The molecule has 1 atom stereocenters. The number of phenols is 1. The highest BCUT2D eigenvalue weighted by Gasteiger charge is 2.43. The lowest BCUT2D eigenvalue weighted by molar-refractivity contribution is -0.137. The Morgan fingerprint density at radius 3 is 2.39 bits per heavy atom. The molecule has 0 saturated carbocycles. The van der Waals surface area contributed by atoms with Crippen LogP contribution in [0.4, 0.5) is 30.2 Å². The van der Waals surface area contributed by atoms with Crippen LogP contribution in [0.3, 0.4) is 0 Å². The topological polar surface area (TPSA) is 108 Å². The van der Waals surface area contributed by atoms with Gasteiger partial charge >= 0.3 is 6.18 Å². The van der Waals surface area contributed by atoms with Gasteiger partial charge in [0.15, 0.2) is 11.5 Å². The molecule has 0 fully saturated rings. The average Bonchev–Trinajstić information content (AvgIpc) is 3.43. The van der Waals surface area contributed by atoms with Gasteiger partial charge in [-0.05, 0) is 61.4 Å². The van der Waals surface area contributed by atoms with Crippen molar-refractivity contribution in [3.05, 3.63) is 84.2 Å². The van der Waals surface area contributed by atoms with Crippen molar-refractivity contribution in [3.63, 3.8) is 0 Å². The van der Waals surface area contributed by atoms with Crippen LogP contribution in [0, 0.1) is 0 Å². The third-order valence-corrected chi connectivity index (χ3v) is 7.32. The number of aryl methyl sites for hydroxylation is 1. The minimum absolute atomic E-state index is 0.0617. The summed E-state index contributed by atoms with van der Waals surface area (Å²) in [6.45, 7) is 3.78. The fourth-order valence-electron chi connectivity index (χ4n) is 5.33. The van der Waals surface area contributed by atoms with Gasteiger partial charge in [0.05, 0.1) is 29.7 Å². The number of aromatic nitrogens is 2. The second kappa shape index (κ2) is 12.4. The number of likely N-dealkylation sites (N-methyl/N-ethyl adjacent to an activating group) is 1. The average molecular weight is 609 g/mol. The SMILES string of the molecule is CCCn1cc(-c2cc(C3C(=O)N(CC)c4ccc(C(F)(F)F)cc4N(c4ccccc4)C3=O)cc(OCCO)c2O)cn1. The maximum atomic E-state index is 14.5. The molecule has 4 aromatic rings. The standard InChI is InChI=1S/C32H31F3N4O5/c1-3-12-37-19-21(18-36-37)24-15-20(16-27(29(24)41)44-14-13-40)28-30(42)38(4-2)25-11-10-22(32(33,34)35)17-26(25)39(31(28)43)23-8-6-5-7-9-23/h5-11,15-19,28,40-41H,3-4,12-14H2,1-2H3. The Kier molecular flexibility index (Phi) is 8.63. The van der Waals surface area contributed by atoms with Gasteiger partial charge in [0, 0.05) is 36.1 Å². The van der Waals surface area contributed by atoms with Crippen molar-refractivity contribution in [2.75, 3.05) is 29.6 Å². The third kappa shape index (κ3) is 5.72. The highest BCUT2D eigenvalue weighted by Crippen LogP contribution is 2.46. The molecule has 5 rings (SSSR count). The molecule has 1 aromatic heterocycles. The Morgan fingerprint density at radius 2 is 1.73 bits per heavy atom. The summed E-state index contributed by atoms with van der Waals surface area (Å²) >= 11 is 0. The summed E-state index contributed by atoms with van der Waals surface area (Å²) in [5.41, 5.74) is 0.215. The molecular weight excluding hydrogens is 577 g/mol. The van der Waals surface area contributed by atoms with Gasteiger partial charge < -0.3 is 19.8 Å². The van der Waals surface area contributed by atoms with Crippen LogP contribution >= 0.6 is 0 Å². The number of nitrogens with zero attached hydrogens (tertiary/aromatic N) is 4. The van der Waals surface area contributed by atoms with E-state index in [2.05, 4.69) is 5.10 Å². The van der Waals surface area contributed by atoms with Crippen molar-refractivity contribution in [2.24, 2.45) is 0 Å². The first-order valence-corrected chi connectivity index (χ1v) is 14.1.